The number of phenolic OH excluding ortho intramolecular Hbond substituents is 2. The molecule has 0 heterocycles. The zero-order valence-electron chi connectivity index (χ0n) is 7.27. The molecule has 4 heteroatoms. The van der Waals surface area contributed by atoms with Gasteiger partial charge in [-0.25, -0.2) is 0 Å². The van der Waals surface area contributed by atoms with Gasteiger partial charge in [-0.2, -0.15) is 0 Å². The Morgan fingerprint density at radius 2 is 1.64 bits per heavy atom. The van der Waals surface area contributed by atoms with Crippen LogP contribution in [0.5, 0.6) is 11.5 Å². The average Bonchev–Trinajstić information content (AvgIpc) is 2.12. The number of phenols is 2. The zero-order chi connectivity index (χ0) is 9.42. The smallest absolute Gasteiger partial charge is 0.146 e. The van der Waals surface area contributed by atoms with E-state index in [4.69, 9.17) is 5.73 Å². The van der Waals surface area contributed by atoms with Crippen LogP contribution < -0.4 is 5.73 Å². The molecule has 0 unspecified atom stereocenters. The van der Waals surface area contributed by atoms with Crippen LogP contribution in [0.3, 0.4) is 0 Å². The van der Waals surface area contributed by atoms with Crippen LogP contribution >= 0.6 is 12.4 Å². The van der Waals surface area contributed by atoms with Gasteiger partial charge in [-0.1, -0.05) is 12.1 Å². The van der Waals surface area contributed by atoms with E-state index in [1.165, 1.54) is 0 Å². The highest BCUT2D eigenvalue weighted by Gasteiger charge is 2.05. The number of hydrogen-bond donors (Lipinski definition) is 3. The van der Waals surface area contributed by atoms with E-state index in [9.17, 15) is 10.2 Å². The molecule has 2 rings (SSSR count). The fourth-order valence-electron chi connectivity index (χ4n) is 1.34. The Labute approximate surface area is 87.2 Å². The van der Waals surface area contributed by atoms with Crippen molar-refractivity contribution in [1.82, 2.24) is 0 Å². The number of fused-ring (bicyclic) bond motifs is 1. The van der Waals surface area contributed by atoms with Gasteiger partial charge < -0.3 is 15.9 Å². The van der Waals surface area contributed by atoms with Gasteiger partial charge in [0.05, 0.1) is 5.69 Å². The molecule has 0 aliphatic rings. The third kappa shape index (κ3) is 1.42. The highest BCUT2D eigenvalue weighted by Crippen LogP contribution is 2.34. The number of aromatic hydroxyl groups is 2. The normalized spacial score (nSPS) is 9.71. The maximum Gasteiger partial charge on any atom is 0.146 e. The average molecular weight is 212 g/mol. The van der Waals surface area contributed by atoms with Gasteiger partial charge in [-0.15, -0.1) is 12.4 Å². The van der Waals surface area contributed by atoms with Gasteiger partial charge in [0.2, 0.25) is 0 Å². The van der Waals surface area contributed by atoms with E-state index in [0.29, 0.717) is 16.5 Å². The van der Waals surface area contributed by atoms with Gasteiger partial charge >= 0.3 is 0 Å². The molecule has 0 amide bonds. The van der Waals surface area contributed by atoms with Crippen molar-refractivity contribution >= 4 is 28.9 Å². The van der Waals surface area contributed by atoms with Gasteiger partial charge in [0, 0.05) is 10.8 Å². The third-order valence-electron chi connectivity index (χ3n) is 2.04. The fourth-order valence-corrected chi connectivity index (χ4v) is 1.34. The topological polar surface area (TPSA) is 66.5 Å². The maximum atomic E-state index is 9.55. The lowest BCUT2D eigenvalue weighted by Crippen LogP contribution is -1.85. The molecule has 4 N–H and O–H groups in total. The molecule has 0 aliphatic heterocycles. The molecule has 0 saturated heterocycles. The predicted octanol–water partition coefficient (Wildman–Crippen LogP) is 2.26. The van der Waals surface area contributed by atoms with Crippen LogP contribution in [0, 0.1) is 0 Å². The van der Waals surface area contributed by atoms with E-state index < -0.39 is 0 Å². The summed E-state index contributed by atoms with van der Waals surface area (Å²) in [4.78, 5) is 0. The minimum atomic E-state index is 0. The Morgan fingerprint density at radius 1 is 0.929 bits per heavy atom. The minimum Gasteiger partial charge on any atom is -0.507 e. The van der Waals surface area contributed by atoms with E-state index in [-0.39, 0.29) is 23.9 Å². The Kier molecular flexibility index (Phi) is 2.72. The van der Waals surface area contributed by atoms with E-state index in [1.807, 2.05) is 0 Å². The molecule has 74 valence electrons. The van der Waals surface area contributed by atoms with Gasteiger partial charge in [-0.3, -0.25) is 0 Å². The highest BCUT2D eigenvalue weighted by atomic mass is 35.5. The first-order valence-corrected chi connectivity index (χ1v) is 3.89. The monoisotopic (exact) mass is 211 g/mol. The second kappa shape index (κ2) is 3.64. The van der Waals surface area contributed by atoms with Gasteiger partial charge in [0.15, 0.2) is 0 Å². The number of hydrogen-bond acceptors (Lipinski definition) is 3. The largest absolute Gasteiger partial charge is 0.507 e. The molecule has 0 atom stereocenters. The predicted molar refractivity (Wildman–Crippen MR) is 58.9 cm³/mol. The number of nitrogen functional groups attached to an aromatic ring is 1. The van der Waals surface area contributed by atoms with Crippen LogP contribution in [0.2, 0.25) is 0 Å². The van der Waals surface area contributed by atoms with Crippen molar-refractivity contribution < 1.29 is 10.2 Å². The molecule has 0 fully saturated rings. The highest BCUT2D eigenvalue weighted by molar-refractivity contribution is 5.96. The number of anilines is 1. The second-order valence-electron chi connectivity index (χ2n) is 2.88. The summed E-state index contributed by atoms with van der Waals surface area (Å²) in [6.07, 6.45) is 0. The Bertz CT molecular complexity index is 471. The van der Waals surface area contributed by atoms with Crippen LogP contribution in [0.15, 0.2) is 30.3 Å². The van der Waals surface area contributed by atoms with Crippen molar-refractivity contribution in [1.29, 1.82) is 0 Å². The fraction of sp³-hybridized carbons (Fsp3) is 0. The van der Waals surface area contributed by atoms with Crippen molar-refractivity contribution in [2.75, 3.05) is 5.73 Å². The first-order valence-electron chi connectivity index (χ1n) is 3.89. The van der Waals surface area contributed by atoms with E-state index in [1.54, 1.807) is 30.3 Å². The van der Waals surface area contributed by atoms with E-state index in [2.05, 4.69) is 0 Å². The first-order chi connectivity index (χ1) is 6.20. The molecular weight excluding hydrogens is 202 g/mol. The first kappa shape index (κ1) is 10.5. The minimum absolute atomic E-state index is 0. The Morgan fingerprint density at radius 3 is 2.36 bits per heavy atom. The summed E-state index contributed by atoms with van der Waals surface area (Å²) in [5.74, 6) is 0.168. The SMILES string of the molecule is Cl.Nc1ccc2c(O)cccc2c1O. The number of nitrogens with two attached hydrogens (primary N) is 1. The summed E-state index contributed by atoms with van der Waals surface area (Å²) in [7, 11) is 0. The Hall–Kier alpha value is -1.61. The molecule has 0 bridgehead atoms. The van der Waals surface area contributed by atoms with Gasteiger partial charge in [0.25, 0.3) is 0 Å². The summed E-state index contributed by atoms with van der Waals surface area (Å²) in [6, 6.07) is 8.19. The van der Waals surface area contributed by atoms with Crippen LogP contribution in [0.25, 0.3) is 10.8 Å². The molecule has 3 nitrogen and oxygen atoms in total. The van der Waals surface area contributed by atoms with Crippen molar-refractivity contribution in [3.8, 4) is 11.5 Å². The summed E-state index contributed by atoms with van der Waals surface area (Å²) in [5, 5.41) is 20.2. The molecule has 0 radical (unpaired) electrons. The molecule has 2 aromatic carbocycles. The molecule has 14 heavy (non-hydrogen) atoms. The zero-order valence-corrected chi connectivity index (χ0v) is 8.08. The van der Waals surface area contributed by atoms with Crippen LogP contribution in [0.1, 0.15) is 0 Å². The van der Waals surface area contributed by atoms with Gasteiger partial charge in [0.1, 0.15) is 11.5 Å². The van der Waals surface area contributed by atoms with Crippen LogP contribution in [-0.4, -0.2) is 10.2 Å². The standard InChI is InChI=1S/C10H9NO2.ClH/c11-8-5-4-6-7(10(8)13)2-1-3-9(6)12;/h1-5,12-13H,11H2;1H. The molecule has 0 aromatic heterocycles. The lowest BCUT2D eigenvalue weighted by molar-refractivity contribution is 0.477. The summed E-state index contributed by atoms with van der Waals surface area (Å²) in [5.41, 5.74) is 5.82. The number of halogens is 1. The van der Waals surface area contributed by atoms with Gasteiger partial charge in [-0.05, 0) is 18.2 Å². The van der Waals surface area contributed by atoms with E-state index >= 15 is 0 Å². The van der Waals surface area contributed by atoms with Crippen LogP contribution in [-0.2, 0) is 0 Å². The van der Waals surface area contributed by atoms with Crippen molar-refractivity contribution in [2.45, 2.75) is 0 Å². The quantitative estimate of drug-likeness (QED) is 0.463. The van der Waals surface area contributed by atoms with E-state index in [0.717, 1.165) is 0 Å². The number of rotatable bonds is 0. The van der Waals surface area contributed by atoms with Crippen LogP contribution in [0.4, 0.5) is 5.69 Å². The molecule has 0 spiro atoms. The third-order valence-corrected chi connectivity index (χ3v) is 2.04. The second-order valence-corrected chi connectivity index (χ2v) is 2.88. The molecule has 2 aromatic rings. The van der Waals surface area contributed by atoms with Crippen molar-refractivity contribution in [3.63, 3.8) is 0 Å². The lowest BCUT2D eigenvalue weighted by Gasteiger charge is -2.04. The maximum absolute atomic E-state index is 9.55. The molecule has 0 aliphatic carbocycles. The summed E-state index contributed by atoms with van der Waals surface area (Å²) in [6.45, 7) is 0. The number of benzene rings is 2. The Balaban J connectivity index is 0.000000980. The molecule has 0 saturated carbocycles. The van der Waals surface area contributed by atoms with Crippen molar-refractivity contribution in [3.05, 3.63) is 30.3 Å². The summed E-state index contributed by atoms with van der Waals surface area (Å²) < 4.78 is 0. The lowest BCUT2D eigenvalue weighted by atomic mass is 10.1. The summed E-state index contributed by atoms with van der Waals surface area (Å²) >= 11 is 0. The molecular formula is C10H10ClNO2. The van der Waals surface area contributed by atoms with Crippen molar-refractivity contribution in [2.24, 2.45) is 0 Å².